The van der Waals surface area contributed by atoms with Crippen molar-refractivity contribution >= 4 is 16.8 Å². The number of rotatable bonds is 3. The summed E-state index contributed by atoms with van der Waals surface area (Å²) < 4.78 is 0. The van der Waals surface area contributed by atoms with Gasteiger partial charge in [0.25, 0.3) is 0 Å². The Kier molecular flexibility index (Phi) is 3.15. The Morgan fingerprint density at radius 2 is 2.12 bits per heavy atom. The van der Waals surface area contributed by atoms with Crippen LogP contribution >= 0.6 is 0 Å². The van der Waals surface area contributed by atoms with Crippen LogP contribution in [0, 0.1) is 0 Å². The van der Waals surface area contributed by atoms with Crippen molar-refractivity contribution in [3.63, 3.8) is 0 Å². The van der Waals surface area contributed by atoms with Crippen molar-refractivity contribution in [1.82, 2.24) is 10.3 Å². The quantitative estimate of drug-likeness (QED) is 0.748. The second-order valence-corrected chi connectivity index (χ2v) is 4.14. The molecule has 2 aromatic rings. The summed E-state index contributed by atoms with van der Waals surface area (Å²) in [4.78, 5) is 14.9. The molecule has 1 aromatic carbocycles. The number of likely N-dealkylation sites (N-methyl/N-ethyl adjacent to an activating group) is 1. The summed E-state index contributed by atoms with van der Waals surface area (Å²) in [6, 6.07) is 9.69. The standard InChI is InChI=1S/C13H16N2O2/c1-8(16)12(13(17)14-2)11-7-9-5-3-4-6-10(9)15-11/h3-8,12,15-16H,1-2H3,(H,14,17). The van der Waals surface area contributed by atoms with Gasteiger partial charge in [0.15, 0.2) is 0 Å². The van der Waals surface area contributed by atoms with Gasteiger partial charge in [0.1, 0.15) is 5.92 Å². The van der Waals surface area contributed by atoms with E-state index in [1.807, 2.05) is 30.3 Å². The highest BCUT2D eigenvalue weighted by molar-refractivity contribution is 5.87. The van der Waals surface area contributed by atoms with Gasteiger partial charge in [-0.3, -0.25) is 4.79 Å². The monoisotopic (exact) mass is 232 g/mol. The van der Waals surface area contributed by atoms with Crippen LogP contribution in [0.5, 0.6) is 0 Å². The highest BCUT2D eigenvalue weighted by Crippen LogP contribution is 2.24. The average Bonchev–Trinajstić information content (AvgIpc) is 2.71. The van der Waals surface area contributed by atoms with Crippen molar-refractivity contribution in [3.8, 4) is 0 Å². The van der Waals surface area contributed by atoms with Gasteiger partial charge in [0.2, 0.25) is 5.91 Å². The Balaban J connectivity index is 2.45. The number of aliphatic hydroxyl groups is 1. The molecule has 4 heteroatoms. The first kappa shape index (κ1) is 11.7. The molecule has 0 radical (unpaired) electrons. The number of benzene rings is 1. The number of carbonyl (C=O) groups is 1. The molecule has 0 saturated carbocycles. The van der Waals surface area contributed by atoms with E-state index in [4.69, 9.17) is 0 Å². The fourth-order valence-electron chi connectivity index (χ4n) is 2.04. The maximum atomic E-state index is 11.7. The number of aromatic amines is 1. The van der Waals surface area contributed by atoms with Gasteiger partial charge in [0.05, 0.1) is 6.10 Å². The van der Waals surface area contributed by atoms with Crippen molar-refractivity contribution in [2.45, 2.75) is 18.9 Å². The molecule has 1 amide bonds. The molecule has 0 aliphatic heterocycles. The smallest absolute Gasteiger partial charge is 0.231 e. The number of fused-ring (bicyclic) bond motifs is 1. The summed E-state index contributed by atoms with van der Waals surface area (Å²) in [5.41, 5.74) is 1.71. The van der Waals surface area contributed by atoms with Crippen molar-refractivity contribution < 1.29 is 9.90 Å². The Bertz CT molecular complexity index is 498. The van der Waals surface area contributed by atoms with Gasteiger partial charge in [0, 0.05) is 18.3 Å². The van der Waals surface area contributed by atoms with Crippen LogP contribution in [0.15, 0.2) is 30.3 Å². The van der Waals surface area contributed by atoms with Gasteiger partial charge >= 0.3 is 0 Å². The number of carbonyl (C=O) groups excluding carboxylic acids is 1. The largest absolute Gasteiger partial charge is 0.392 e. The van der Waals surface area contributed by atoms with Crippen molar-refractivity contribution in [1.29, 1.82) is 0 Å². The minimum absolute atomic E-state index is 0.188. The predicted molar refractivity (Wildman–Crippen MR) is 66.8 cm³/mol. The summed E-state index contributed by atoms with van der Waals surface area (Å²) >= 11 is 0. The molecule has 0 bridgehead atoms. The summed E-state index contributed by atoms with van der Waals surface area (Å²) in [6.45, 7) is 1.62. The number of para-hydroxylation sites is 1. The van der Waals surface area contributed by atoms with E-state index in [1.165, 1.54) is 0 Å². The molecule has 0 aliphatic carbocycles. The summed E-state index contributed by atoms with van der Waals surface area (Å²) in [5, 5.41) is 13.3. The summed E-state index contributed by atoms with van der Waals surface area (Å²) in [7, 11) is 1.57. The van der Waals surface area contributed by atoms with Gasteiger partial charge in [-0.1, -0.05) is 18.2 Å². The van der Waals surface area contributed by atoms with Crippen LogP contribution in [-0.4, -0.2) is 29.1 Å². The summed E-state index contributed by atoms with van der Waals surface area (Å²) in [5.74, 6) is -0.751. The average molecular weight is 232 g/mol. The topological polar surface area (TPSA) is 65.1 Å². The molecule has 2 unspecified atom stereocenters. The lowest BCUT2D eigenvalue weighted by atomic mass is 9.99. The van der Waals surface area contributed by atoms with Crippen molar-refractivity contribution in [3.05, 3.63) is 36.0 Å². The molecule has 1 heterocycles. The lowest BCUT2D eigenvalue weighted by Gasteiger charge is -2.16. The Morgan fingerprint density at radius 1 is 1.41 bits per heavy atom. The van der Waals surface area contributed by atoms with Crippen LogP contribution in [0.2, 0.25) is 0 Å². The third-order valence-corrected chi connectivity index (χ3v) is 2.90. The normalized spacial score (nSPS) is 14.5. The zero-order chi connectivity index (χ0) is 12.4. The van der Waals surface area contributed by atoms with Crippen molar-refractivity contribution in [2.24, 2.45) is 0 Å². The fraction of sp³-hybridized carbons (Fsp3) is 0.308. The molecule has 2 rings (SSSR count). The zero-order valence-corrected chi connectivity index (χ0v) is 9.90. The maximum Gasteiger partial charge on any atom is 0.231 e. The van der Waals surface area contributed by atoms with Gasteiger partial charge in [-0.25, -0.2) is 0 Å². The molecule has 1 aromatic heterocycles. The zero-order valence-electron chi connectivity index (χ0n) is 9.90. The molecule has 2 atom stereocenters. The molecule has 4 nitrogen and oxygen atoms in total. The Hall–Kier alpha value is -1.81. The minimum atomic E-state index is -0.733. The third-order valence-electron chi connectivity index (χ3n) is 2.90. The van der Waals surface area contributed by atoms with Gasteiger partial charge in [-0.15, -0.1) is 0 Å². The highest BCUT2D eigenvalue weighted by atomic mass is 16.3. The molecule has 3 N–H and O–H groups in total. The van der Waals surface area contributed by atoms with Crippen LogP contribution in [0.25, 0.3) is 10.9 Å². The van der Waals surface area contributed by atoms with E-state index < -0.39 is 12.0 Å². The lowest BCUT2D eigenvalue weighted by Crippen LogP contribution is -2.32. The first-order valence-electron chi connectivity index (χ1n) is 5.61. The van der Waals surface area contributed by atoms with Gasteiger partial charge in [-0.05, 0) is 24.4 Å². The highest BCUT2D eigenvalue weighted by Gasteiger charge is 2.26. The Labute approximate surface area is 99.7 Å². The maximum absolute atomic E-state index is 11.7. The molecule has 90 valence electrons. The SMILES string of the molecule is CNC(=O)C(c1cc2ccccc2[nH]1)C(C)O. The molecule has 0 fully saturated rings. The molecule has 0 aliphatic rings. The van der Waals surface area contributed by atoms with E-state index in [2.05, 4.69) is 10.3 Å². The predicted octanol–water partition coefficient (Wildman–Crippen LogP) is 1.38. The van der Waals surface area contributed by atoms with Crippen LogP contribution in [0.4, 0.5) is 0 Å². The molecular formula is C13H16N2O2. The Morgan fingerprint density at radius 3 is 2.71 bits per heavy atom. The number of hydrogen-bond acceptors (Lipinski definition) is 2. The van der Waals surface area contributed by atoms with Gasteiger partial charge in [-0.2, -0.15) is 0 Å². The van der Waals surface area contributed by atoms with E-state index in [9.17, 15) is 9.90 Å². The van der Waals surface area contributed by atoms with Crippen LogP contribution in [0.1, 0.15) is 18.5 Å². The molecular weight excluding hydrogens is 216 g/mol. The van der Waals surface area contributed by atoms with E-state index in [0.717, 1.165) is 16.6 Å². The first-order chi connectivity index (χ1) is 8.13. The molecule has 0 saturated heterocycles. The van der Waals surface area contributed by atoms with Crippen LogP contribution < -0.4 is 5.32 Å². The molecule has 17 heavy (non-hydrogen) atoms. The summed E-state index contributed by atoms with van der Waals surface area (Å²) in [6.07, 6.45) is -0.733. The third kappa shape index (κ3) is 2.17. The minimum Gasteiger partial charge on any atom is -0.392 e. The van der Waals surface area contributed by atoms with Gasteiger partial charge < -0.3 is 15.4 Å². The number of H-pyrrole nitrogens is 1. The van der Waals surface area contributed by atoms with E-state index in [1.54, 1.807) is 14.0 Å². The van der Waals surface area contributed by atoms with E-state index in [0.29, 0.717) is 0 Å². The number of hydrogen-bond donors (Lipinski definition) is 3. The number of nitrogens with one attached hydrogen (secondary N) is 2. The fourth-order valence-corrected chi connectivity index (χ4v) is 2.04. The second kappa shape index (κ2) is 4.59. The van der Waals surface area contributed by atoms with Crippen LogP contribution in [0.3, 0.4) is 0 Å². The first-order valence-corrected chi connectivity index (χ1v) is 5.61. The molecule has 0 spiro atoms. The van der Waals surface area contributed by atoms with Crippen molar-refractivity contribution in [2.75, 3.05) is 7.05 Å². The second-order valence-electron chi connectivity index (χ2n) is 4.14. The van der Waals surface area contributed by atoms with Crippen LogP contribution in [-0.2, 0) is 4.79 Å². The number of amides is 1. The number of aliphatic hydroxyl groups excluding tert-OH is 1. The van der Waals surface area contributed by atoms with E-state index in [-0.39, 0.29) is 5.91 Å². The lowest BCUT2D eigenvalue weighted by molar-refractivity contribution is -0.124. The van der Waals surface area contributed by atoms with E-state index >= 15 is 0 Å². The number of aromatic nitrogens is 1.